The maximum atomic E-state index is 5.62. The molecule has 0 bridgehead atoms. The van der Waals surface area contributed by atoms with Crippen molar-refractivity contribution in [3.63, 3.8) is 0 Å². The number of nitrogens with zero attached hydrogens (tertiary/aromatic N) is 3. The summed E-state index contributed by atoms with van der Waals surface area (Å²) in [6.07, 6.45) is 7.22. The summed E-state index contributed by atoms with van der Waals surface area (Å²) in [7, 11) is 3.42. The van der Waals surface area contributed by atoms with Crippen LogP contribution in [0.5, 0.6) is 11.5 Å². The molecule has 5 nitrogen and oxygen atoms in total. The van der Waals surface area contributed by atoms with Crippen molar-refractivity contribution in [3.8, 4) is 11.5 Å². The average Bonchev–Trinajstić information content (AvgIpc) is 3.46. The Morgan fingerprint density at radius 1 is 1.15 bits per heavy atom. The average molecular weight is 370 g/mol. The Morgan fingerprint density at radius 2 is 2.00 bits per heavy atom. The molecule has 2 aliphatic rings. The van der Waals surface area contributed by atoms with E-state index in [0.29, 0.717) is 11.8 Å². The molecule has 1 saturated carbocycles. The van der Waals surface area contributed by atoms with Crippen molar-refractivity contribution in [2.45, 2.75) is 51.6 Å². The van der Waals surface area contributed by atoms with E-state index in [4.69, 9.17) is 14.5 Å². The molecule has 2 aromatic rings. The molecule has 0 radical (unpaired) electrons. The molecule has 146 valence electrons. The highest BCUT2D eigenvalue weighted by molar-refractivity contribution is 5.46. The van der Waals surface area contributed by atoms with Gasteiger partial charge in [-0.2, -0.15) is 0 Å². The van der Waals surface area contributed by atoms with Crippen molar-refractivity contribution in [1.29, 1.82) is 0 Å². The van der Waals surface area contributed by atoms with Gasteiger partial charge in [0.25, 0.3) is 0 Å². The lowest BCUT2D eigenvalue weighted by Gasteiger charge is -2.33. The van der Waals surface area contributed by atoms with Crippen molar-refractivity contribution in [3.05, 3.63) is 41.5 Å². The number of piperidine rings is 1. The number of imidazole rings is 1. The Kier molecular flexibility index (Phi) is 5.39. The molecular weight excluding hydrogens is 338 g/mol. The smallest absolute Gasteiger partial charge is 0.165 e. The standard InChI is InChI=1S/C22H31N3O2/c1-16-12-23-22(18-9-10-18)25(16)14-17-6-5-11-24(13-17)15-19-7-4-8-20(26-2)21(19)27-3/h4,7-8,12,17-18H,5-6,9-11,13-15H2,1-3H3. The topological polar surface area (TPSA) is 39.5 Å². The minimum atomic E-state index is 0.681. The first-order chi connectivity index (χ1) is 13.2. The summed E-state index contributed by atoms with van der Waals surface area (Å²) in [4.78, 5) is 7.25. The molecule has 2 heterocycles. The van der Waals surface area contributed by atoms with Crippen LogP contribution >= 0.6 is 0 Å². The van der Waals surface area contributed by atoms with Gasteiger partial charge in [0.2, 0.25) is 0 Å². The zero-order valence-corrected chi connectivity index (χ0v) is 16.8. The fourth-order valence-electron chi connectivity index (χ4n) is 4.41. The molecule has 27 heavy (non-hydrogen) atoms. The Hall–Kier alpha value is -2.01. The van der Waals surface area contributed by atoms with E-state index in [1.165, 1.54) is 42.8 Å². The highest BCUT2D eigenvalue weighted by Gasteiger charge is 2.30. The number of benzene rings is 1. The molecule has 1 saturated heterocycles. The summed E-state index contributed by atoms with van der Waals surface area (Å²) < 4.78 is 13.6. The van der Waals surface area contributed by atoms with Gasteiger partial charge in [-0.05, 0) is 51.1 Å². The van der Waals surface area contributed by atoms with Crippen LogP contribution in [0, 0.1) is 12.8 Å². The zero-order valence-electron chi connectivity index (χ0n) is 16.8. The Labute approximate surface area is 162 Å². The van der Waals surface area contributed by atoms with E-state index in [9.17, 15) is 0 Å². The van der Waals surface area contributed by atoms with Crippen molar-refractivity contribution >= 4 is 0 Å². The van der Waals surface area contributed by atoms with Crippen LogP contribution in [-0.2, 0) is 13.1 Å². The van der Waals surface area contributed by atoms with Crippen LogP contribution < -0.4 is 9.47 Å². The van der Waals surface area contributed by atoms with Crippen LogP contribution in [-0.4, -0.2) is 41.8 Å². The highest BCUT2D eigenvalue weighted by atomic mass is 16.5. The molecule has 4 rings (SSSR count). The van der Waals surface area contributed by atoms with E-state index in [-0.39, 0.29) is 0 Å². The predicted molar refractivity (Wildman–Crippen MR) is 106 cm³/mol. The molecule has 0 spiro atoms. The maximum absolute atomic E-state index is 5.62. The van der Waals surface area contributed by atoms with E-state index < -0.39 is 0 Å². The first-order valence-corrected chi connectivity index (χ1v) is 10.1. The predicted octanol–water partition coefficient (Wildman–Crippen LogP) is 4.00. The number of hydrogen-bond donors (Lipinski definition) is 0. The fourth-order valence-corrected chi connectivity index (χ4v) is 4.41. The van der Waals surface area contributed by atoms with Gasteiger partial charge in [0.1, 0.15) is 5.82 Å². The molecule has 0 N–H and O–H groups in total. The van der Waals surface area contributed by atoms with E-state index in [1.54, 1.807) is 14.2 Å². The number of aromatic nitrogens is 2. The van der Waals surface area contributed by atoms with Gasteiger partial charge < -0.3 is 14.0 Å². The van der Waals surface area contributed by atoms with Gasteiger partial charge in [-0.1, -0.05) is 12.1 Å². The zero-order chi connectivity index (χ0) is 18.8. The van der Waals surface area contributed by atoms with Crippen LogP contribution in [0.2, 0.25) is 0 Å². The number of hydrogen-bond acceptors (Lipinski definition) is 4. The van der Waals surface area contributed by atoms with Crippen molar-refractivity contribution in [1.82, 2.24) is 14.5 Å². The first kappa shape index (κ1) is 18.4. The Balaban J connectivity index is 1.44. The fraction of sp³-hybridized carbons (Fsp3) is 0.591. The Bertz CT molecular complexity index is 782. The lowest BCUT2D eigenvalue weighted by Crippen LogP contribution is -2.37. The molecule has 1 unspecified atom stereocenters. The van der Waals surface area contributed by atoms with Crippen LogP contribution in [0.4, 0.5) is 0 Å². The van der Waals surface area contributed by atoms with Crippen molar-refractivity contribution < 1.29 is 9.47 Å². The van der Waals surface area contributed by atoms with E-state index in [2.05, 4.69) is 34.7 Å². The highest BCUT2D eigenvalue weighted by Crippen LogP contribution is 2.40. The molecule has 1 atom stereocenters. The largest absolute Gasteiger partial charge is 0.493 e. The van der Waals surface area contributed by atoms with Crippen LogP contribution in [0.1, 0.15) is 48.7 Å². The van der Waals surface area contributed by atoms with Gasteiger partial charge >= 0.3 is 0 Å². The number of methoxy groups -OCH3 is 2. The number of para-hydroxylation sites is 1. The Morgan fingerprint density at radius 3 is 2.74 bits per heavy atom. The summed E-state index contributed by atoms with van der Waals surface area (Å²) >= 11 is 0. The second-order valence-electron chi connectivity index (χ2n) is 8.04. The van der Waals surface area contributed by atoms with Gasteiger partial charge in [-0.15, -0.1) is 0 Å². The summed E-state index contributed by atoms with van der Waals surface area (Å²) in [5.74, 6) is 4.38. The molecule has 1 aliphatic heterocycles. The van der Waals surface area contributed by atoms with Crippen LogP contribution in [0.3, 0.4) is 0 Å². The third-order valence-corrected chi connectivity index (χ3v) is 5.95. The second-order valence-corrected chi connectivity index (χ2v) is 8.04. The monoisotopic (exact) mass is 369 g/mol. The summed E-state index contributed by atoms with van der Waals surface area (Å²) in [6, 6.07) is 6.16. The number of ether oxygens (including phenoxy) is 2. The summed E-state index contributed by atoms with van der Waals surface area (Å²) in [5, 5.41) is 0. The first-order valence-electron chi connectivity index (χ1n) is 10.1. The minimum Gasteiger partial charge on any atom is -0.493 e. The van der Waals surface area contributed by atoms with E-state index in [0.717, 1.165) is 37.7 Å². The number of likely N-dealkylation sites (tertiary alicyclic amines) is 1. The lowest BCUT2D eigenvalue weighted by atomic mass is 9.97. The van der Waals surface area contributed by atoms with Gasteiger partial charge in [0, 0.05) is 43.0 Å². The summed E-state index contributed by atoms with van der Waals surface area (Å²) in [5.41, 5.74) is 2.51. The normalized spacial score (nSPS) is 20.6. The SMILES string of the molecule is COc1cccc(CN2CCCC(Cn3c(C)cnc3C3CC3)C2)c1OC. The molecule has 2 fully saturated rings. The van der Waals surface area contributed by atoms with Gasteiger partial charge in [0.15, 0.2) is 11.5 Å². The molecule has 1 aromatic carbocycles. The lowest BCUT2D eigenvalue weighted by molar-refractivity contribution is 0.153. The maximum Gasteiger partial charge on any atom is 0.165 e. The van der Waals surface area contributed by atoms with Crippen LogP contribution in [0.25, 0.3) is 0 Å². The summed E-state index contributed by atoms with van der Waals surface area (Å²) in [6.45, 7) is 6.48. The quantitative estimate of drug-likeness (QED) is 0.740. The third-order valence-electron chi connectivity index (χ3n) is 5.95. The number of rotatable bonds is 7. The van der Waals surface area contributed by atoms with E-state index >= 15 is 0 Å². The molecule has 0 amide bonds. The molecular formula is C22H31N3O2. The van der Waals surface area contributed by atoms with Gasteiger partial charge in [0.05, 0.1) is 14.2 Å². The minimum absolute atomic E-state index is 0.681. The molecule has 5 heteroatoms. The third kappa shape index (κ3) is 3.98. The van der Waals surface area contributed by atoms with Crippen molar-refractivity contribution in [2.24, 2.45) is 5.92 Å². The van der Waals surface area contributed by atoms with Crippen molar-refractivity contribution in [2.75, 3.05) is 27.3 Å². The van der Waals surface area contributed by atoms with Gasteiger partial charge in [-0.3, -0.25) is 4.90 Å². The number of aryl methyl sites for hydroxylation is 1. The van der Waals surface area contributed by atoms with Crippen LogP contribution in [0.15, 0.2) is 24.4 Å². The second kappa shape index (κ2) is 7.93. The molecule has 1 aromatic heterocycles. The van der Waals surface area contributed by atoms with E-state index in [1.807, 2.05) is 6.07 Å². The molecule has 1 aliphatic carbocycles. The van der Waals surface area contributed by atoms with Gasteiger partial charge in [-0.25, -0.2) is 4.98 Å².